The summed E-state index contributed by atoms with van der Waals surface area (Å²) in [5, 5.41) is 5.86. The van der Waals surface area contributed by atoms with Gasteiger partial charge in [-0.05, 0) is 62.6 Å². The molecule has 1 N–H and O–H groups in total. The first kappa shape index (κ1) is 18.5. The van der Waals surface area contributed by atoms with Crippen LogP contribution in [0.5, 0.6) is 5.75 Å². The van der Waals surface area contributed by atoms with Gasteiger partial charge in [0.05, 0.1) is 10.7 Å². The monoisotopic (exact) mass is 478 g/mol. The minimum Gasteiger partial charge on any atom is -0.483 e. The lowest BCUT2D eigenvalue weighted by Crippen LogP contribution is -2.24. The molecule has 7 heteroatoms. The van der Waals surface area contributed by atoms with Crippen LogP contribution in [-0.4, -0.2) is 18.7 Å². The third kappa shape index (κ3) is 4.68. The number of hydrazone groups is 1. The van der Waals surface area contributed by atoms with Crippen LogP contribution in [0.2, 0.25) is 0 Å². The van der Waals surface area contributed by atoms with Gasteiger partial charge in [-0.1, -0.05) is 40.2 Å². The zero-order valence-electron chi connectivity index (χ0n) is 13.4. The molecule has 26 heavy (non-hydrogen) atoms. The fourth-order valence-electron chi connectivity index (χ4n) is 2.26. The van der Waals surface area contributed by atoms with Gasteiger partial charge in [0.2, 0.25) is 0 Å². The number of benzene rings is 3. The molecule has 0 aliphatic rings. The maximum absolute atomic E-state index is 12.8. The summed E-state index contributed by atoms with van der Waals surface area (Å²) >= 11 is 6.95. The third-order valence-corrected chi connectivity index (χ3v) is 4.82. The summed E-state index contributed by atoms with van der Waals surface area (Å²) in [6.45, 7) is -0.179. The molecular weight excluding hydrogens is 467 g/mol. The maximum atomic E-state index is 12.8. The van der Waals surface area contributed by atoms with Crippen LogP contribution < -0.4 is 10.2 Å². The number of halogens is 3. The number of carbonyl (C=O) groups is 1. The first-order valence-electron chi connectivity index (χ1n) is 7.61. The molecule has 132 valence electrons. The predicted octanol–water partition coefficient (Wildman–Crippen LogP) is 5.03. The van der Waals surface area contributed by atoms with Gasteiger partial charge >= 0.3 is 0 Å². The second-order valence-corrected chi connectivity index (χ2v) is 7.09. The summed E-state index contributed by atoms with van der Waals surface area (Å²) in [5.74, 6) is -0.156. The summed E-state index contributed by atoms with van der Waals surface area (Å²) < 4.78 is 20.1. The molecule has 0 aliphatic carbocycles. The number of carbonyl (C=O) groups excluding carboxylic acids is 1. The Hall–Kier alpha value is -2.25. The quantitative estimate of drug-likeness (QED) is 0.412. The molecule has 0 atom stereocenters. The van der Waals surface area contributed by atoms with Crippen molar-refractivity contribution in [1.29, 1.82) is 0 Å². The van der Waals surface area contributed by atoms with E-state index in [1.165, 1.54) is 18.3 Å². The number of rotatable bonds is 5. The van der Waals surface area contributed by atoms with Gasteiger partial charge in [0.1, 0.15) is 11.6 Å². The Labute approximate surface area is 166 Å². The van der Waals surface area contributed by atoms with E-state index in [-0.39, 0.29) is 12.4 Å². The van der Waals surface area contributed by atoms with E-state index in [4.69, 9.17) is 4.74 Å². The second kappa shape index (κ2) is 8.42. The molecule has 0 saturated heterocycles. The molecule has 0 aliphatic heterocycles. The van der Waals surface area contributed by atoms with Crippen LogP contribution in [0.15, 0.2) is 68.6 Å². The van der Waals surface area contributed by atoms with Crippen LogP contribution in [0.25, 0.3) is 10.8 Å². The molecule has 3 rings (SSSR count). The second-order valence-electron chi connectivity index (χ2n) is 5.38. The highest BCUT2D eigenvalue weighted by molar-refractivity contribution is 9.11. The minimum absolute atomic E-state index is 0.179. The van der Waals surface area contributed by atoms with Crippen LogP contribution in [0.3, 0.4) is 0 Å². The standard InChI is InChI=1S/C19H13Br2FN2O2/c20-14-4-7-16-13(9-14)3-8-17(19(16)21)26-11-18(25)24-23-10-12-1-5-15(22)6-2-12/h1-10H,11H2,(H,24,25). The van der Waals surface area contributed by atoms with Gasteiger partial charge in [-0.2, -0.15) is 5.10 Å². The van der Waals surface area contributed by atoms with Crippen molar-refractivity contribution in [3.8, 4) is 5.75 Å². The first-order chi connectivity index (χ1) is 12.5. The zero-order chi connectivity index (χ0) is 18.5. The maximum Gasteiger partial charge on any atom is 0.277 e. The van der Waals surface area contributed by atoms with Crippen LogP contribution in [-0.2, 0) is 4.79 Å². The number of nitrogens with zero attached hydrogens (tertiary/aromatic N) is 1. The van der Waals surface area contributed by atoms with Crippen molar-refractivity contribution >= 4 is 54.8 Å². The van der Waals surface area contributed by atoms with Gasteiger partial charge in [0.25, 0.3) is 5.91 Å². The van der Waals surface area contributed by atoms with E-state index in [9.17, 15) is 9.18 Å². The molecule has 0 aromatic heterocycles. The van der Waals surface area contributed by atoms with Crippen molar-refractivity contribution in [2.24, 2.45) is 5.10 Å². The lowest BCUT2D eigenvalue weighted by atomic mass is 10.1. The van der Waals surface area contributed by atoms with Gasteiger partial charge in [0, 0.05) is 4.47 Å². The average Bonchev–Trinajstić information content (AvgIpc) is 2.63. The number of hydrogen-bond donors (Lipinski definition) is 1. The van der Waals surface area contributed by atoms with E-state index < -0.39 is 5.91 Å². The molecule has 4 nitrogen and oxygen atoms in total. The Kier molecular flexibility index (Phi) is 6.00. The normalized spacial score (nSPS) is 11.0. The molecule has 0 heterocycles. The molecule has 0 bridgehead atoms. The van der Waals surface area contributed by atoms with Crippen molar-refractivity contribution < 1.29 is 13.9 Å². The van der Waals surface area contributed by atoms with Gasteiger partial charge in [-0.25, -0.2) is 9.82 Å². The molecule has 3 aromatic rings. The smallest absolute Gasteiger partial charge is 0.277 e. The summed E-state index contributed by atoms with van der Waals surface area (Å²) in [7, 11) is 0. The Bertz CT molecular complexity index is 975. The molecule has 0 unspecified atom stereocenters. The summed E-state index contributed by atoms with van der Waals surface area (Å²) in [6.07, 6.45) is 1.43. The van der Waals surface area contributed by atoms with Crippen molar-refractivity contribution in [2.45, 2.75) is 0 Å². The van der Waals surface area contributed by atoms with Crippen molar-refractivity contribution in [2.75, 3.05) is 6.61 Å². The Balaban J connectivity index is 1.59. The van der Waals surface area contributed by atoms with Gasteiger partial charge < -0.3 is 4.74 Å². The molecule has 0 fully saturated rings. The van der Waals surface area contributed by atoms with Crippen molar-refractivity contribution in [1.82, 2.24) is 5.43 Å². The van der Waals surface area contributed by atoms with E-state index in [1.807, 2.05) is 24.3 Å². The van der Waals surface area contributed by atoms with Crippen LogP contribution in [0.4, 0.5) is 4.39 Å². The van der Waals surface area contributed by atoms with Gasteiger partial charge in [-0.15, -0.1) is 0 Å². The summed E-state index contributed by atoms with van der Waals surface area (Å²) in [4.78, 5) is 11.8. The SMILES string of the molecule is O=C(COc1ccc2cc(Br)ccc2c1Br)NN=Cc1ccc(F)cc1. The number of nitrogens with one attached hydrogen (secondary N) is 1. The number of hydrogen-bond acceptors (Lipinski definition) is 3. The third-order valence-electron chi connectivity index (χ3n) is 3.51. The summed E-state index contributed by atoms with van der Waals surface area (Å²) in [5.41, 5.74) is 3.05. The number of fused-ring (bicyclic) bond motifs is 1. The fourth-order valence-corrected chi connectivity index (χ4v) is 3.24. The number of amides is 1. The van der Waals surface area contributed by atoms with E-state index in [2.05, 4.69) is 42.4 Å². The Morgan fingerprint density at radius 1 is 1.12 bits per heavy atom. The molecule has 0 radical (unpaired) electrons. The zero-order valence-corrected chi connectivity index (χ0v) is 16.6. The van der Waals surface area contributed by atoms with Gasteiger partial charge in [-0.3, -0.25) is 4.79 Å². The van der Waals surface area contributed by atoms with Crippen LogP contribution in [0.1, 0.15) is 5.56 Å². The molecule has 0 spiro atoms. The highest BCUT2D eigenvalue weighted by Gasteiger charge is 2.08. The summed E-state index contributed by atoms with van der Waals surface area (Å²) in [6, 6.07) is 15.4. The van der Waals surface area contributed by atoms with E-state index in [1.54, 1.807) is 18.2 Å². The molecule has 0 saturated carbocycles. The van der Waals surface area contributed by atoms with E-state index in [0.717, 1.165) is 19.7 Å². The molecule has 1 amide bonds. The largest absolute Gasteiger partial charge is 0.483 e. The lowest BCUT2D eigenvalue weighted by Gasteiger charge is -2.10. The Morgan fingerprint density at radius 3 is 2.65 bits per heavy atom. The Morgan fingerprint density at radius 2 is 1.88 bits per heavy atom. The minimum atomic E-state index is -0.397. The highest BCUT2D eigenvalue weighted by Crippen LogP contribution is 2.34. The van der Waals surface area contributed by atoms with E-state index >= 15 is 0 Å². The van der Waals surface area contributed by atoms with Crippen LogP contribution >= 0.6 is 31.9 Å². The van der Waals surface area contributed by atoms with Crippen LogP contribution in [0, 0.1) is 5.82 Å². The lowest BCUT2D eigenvalue weighted by molar-refractivity contribution is -0.123. The predicted molar refractivity (Wildman–Crippen MR) is 107 cm³/mol. The topological polar surface area (TPSA) is 50.7 Å². The molecule has 3 aromatic carbocycles. The van der Waals surface area contributed by atoms with Gasteiger partial charge in [0.15, 0.2) is 6.61 Å². The fraction of sp³-hybridized carbons (Fsp3) is 0.0526. The number of ether oxygens (including phenoxy) is 1. The van der Waals surface area contributed by atoms with Crippen molar-refractivity contribution in [3.63, 3.8) is 0 Å². The van der Waals surface area contributed by atoms with E-state index in [0.29, 0.717) is 11.3 Å². The van der Waals surface area contributed by atoms with Crippen molar-refractivity contribution in [3.05, 3.63) is 74.9 Å². The average molecular weight is 480 g/mol. The highest BCUT2D eigenvalue weighted by atomic mass is 79.9. The first-order valence-corrected chi connectivity index (χ1v) is 9.19. The molecular formula is C19H13Br2FN2O2.